The van der Waals surface area contributed by atoms with Crippen molar-refractivity contribution in [2.45, 2.75) is 24.7 Å². The summed E-state index contributed by atoms with van der Waals surface area (Å²) in [6.45, 7) is 4.72. The lowest BCUT2D eigenvalue weighted by Gasteiger charge is -2.34. The fourth-order valence-corrected chi connectivity index (χ4v) is 9.45. The standard InChI is InChI=1S/C52H39N/c1-51(2)45-29-15-12-25-40(45)41-34-33-39(35-48(41)51)53(38-23-10-5-11-24-38)49-32-17-14-26-42(49)43-28-18-31-47-50(43)44-27-13-16-30-46(44)52(47,36-19-6-3-7-20-36)37-21-8-4-9-22-37/h3-35H,1-2H3. The molecule has 0 aliphatic heterocycles. The van der Waals surface area contributed by atoms with E-state index in [1.54, 1.807) is 0 Å². The average molecular weight is 678 g/mol. The first-order valence-electron chi connectivity index (χ1n) is 18.6. The Labute approximate surface area is 312 Å². The van der Waals surface area contributed by atoms with E-state index < -0.39 is 5.41 Å². The fourth-order valence-electron chi connectivity index (χ4n) is 9.45. The molecule has 8 aromatic rings. The van der Waals surface area contributed by atoms with Crippen molar-refractivity contribution in [3.63, 3.8) is 0 Å². The van der Waals surface area contributed by atoms with Gasteiger partial charge in [-0.25, -0.2) is 0 Å². The van der Waals surface area contributed by atoms with E-state index in [4.69, 9.17) is 0 Å². The first-order valence-corrected chi connectivity index (χ1v) is 18.6. The third-order valence-corrected chi connectivity index (χ3v) is 11.8. The van der Waals surface area contributed by atoms with Gasteiger partial charge in [-0.3, -0.25) is 0 Å². The van der Waals surface area contributed by atoms with E-state index in [9.17, 15) is 0 Å². The molecule has 53 heavy (non-hydrogen) atoms. The van der Waals surface area contributed by atoms with Crippen molar-refractivity contribution < 1.29 is 0 Å². The molecule has 0 saturated carbocycles. The van der Waals surface area contributed by atoms with E-state index in [-0.39, 0.29) is 5.41 Å². The van der Waals surface area contributed by atoms with Gasteiger partial charge in [0.05, 0.1) is 11.1 Å². The number of para-hydroxylation sites is 2. The van der Waals surface area contributed by atoms with Crippen LogP contribution >= 0.6 is 0 Å². The molecule has 0 amide bonds. The monoisotopic (exact) mass is 677 g/mol. The average Bonchev–Trinajstić information content (AvgIpc) is 3.65. The smallest absolute Gasteiger partial charge is 0.0713 e. The van der Waals surface area contributed by atoms with E-state index in [1.165, 1.54) is 66.8 Å². The molecule has 10 rings (SSSR count). The summed E-state index contributed by atoms with van der Waals surface area (Å²) in [6, 6.07) is 73.9. The SMILES string of the molecule is CC1(C)c2ccccc2-c2ccc(N(c3ccccc3)c3ccccc3-c3cccc4c3-c3ccccc3C4(c3ccccc3)c3ccccc3)cc21. The van der Waals surface area contributed by atoms with Crippen LogP contribution in [-0.4, -0.2) is 0 Å². The third-order valence-electron chi connectivity index (χ3n) is 11.8. The number of hydrogen-bond donors (Lipinski definition) is 0. The molecule has 0 N–H and O–H groups in total. The first kappa shape index (κ1) is 31.3. The molecule has 0 saturated heterocycles. The van der Waals surface area contributed by atoms with Crippen LogP contribution in [0.2, 0.25) is 0 Å². The van der Waals surface area contributed by atoms with Gasteiger partial charge in [0, 0.05) is 22.4 Å². The van der Waals surface area contributed by atoms with Gasteiger partial charge in [-0.1, -0.05) is 184 Å². The Kier molecular flexibility index (Phi) is 7.13. The van der Waals surface area contributed by atoms with Crippen LogP contribution < -0.4 is 4.90 Å². The fraction of sp³-hybridized carbons (Fsp3) is 0.0769. The molecule has 0 fully saturated rings. The van der Waals surface area contributed by atoms with Gasteiger partial charge < -0.3 is 4.90 Å². The van der Waals surface area contributed by atoms with Crippen molar-refractivity contribution in [3.05, 3.63) is 234 Å². The van der Waals surface area contributed by atoms with Crippen LogP contribution in [-0.2, 0) is 10.8 Å². The van der Waals surface area contributed by atoms with Gasteiger partial charge in [0.1, 0.15) is 0 Å². The lowest BCUT2D eigenvalue weighted by atomic mass is 9.67. The molecule has 0 unspecified atom stereocenters. The van der Waals surface area contributed by atoms with Crippen LogP contribution in [0.1, 0.15) is 47.2 Å². The van der Waals surface area contributed by atoms with Gasteiger partial charge in [-0.2, -0.15) is 0 Å². The molecule has 0 heterocycles. The summed E-state index contributed by atoms with van der Waals surface area (Å²) in [4.78, 5) is 2.45. The predicted octanol–water partition coefficient (Wildman–Crippen LogP) is 13.5. The van der Waals surface area contributed by atoms with Crippen molar-refractivity contribution in [1.29, 1.82) is 0 Å². The highest BCUT2D eigenvalue weighted by Gasteiger charge is 2.47. The summed E-state index contributed by atoms with van der Waals surface area (Å²) >= 11 is 0. The Morgan fingerprint density at radius 2 is 0.849 bits per heavy atom. The van der Waals surface area contributed by atoms with E-state index >= 15 is 0 Å². The Bertz CT molecular complexity index is 2600. The van der Waals surface area contributed by atoms with E-state index in [0.717, 1.165) is 17.1 Å². The molecule has 2 aliphatic rings. The molecule has 0 bridgehead atoms. The Morgan fingerprint density at radius 1 is 0.340 bits per heavy atom. The summed E-state index contributed by atoms with van der Waals surface area (Å²) in [7, 11) is 0. The predicted molar refractivity (Wildman–Crippen MR) is 221 cm³/mol. The highest BCUT2D eigenvalue weighted by atomic mass is 15.1. The molecule has 0 radical (unpaired) electrons. The van der Waals surface area contributed by atoms with Crippen LogP contribution in [0.3, 0.4) is 0 Å². The molecule has 8 aromatic carbocycles. The topological polar surface area (TPSA) is 3.24 Å². The van der Waals surface area contributed by atoms with Crippen LogP contribution in [0.25, 0.3) is 33.4 Å². The summed E-state index contributed by atoms with van der Waals surface area (Å²) < 4.78 is 0. The Balaban J connectivity index is 1.23. The highest BCUT2D eigenvalue weighted by Crippen LogP contribution is 2.59. The minimum Gasteiger partial charge on any atom is -0.310 e. The zero-order valence-electron chi connectivity index (χ0n) is 30.0. The van der Waals surface area contributed by atoms with Crippen LogP contribution in [0.15, 0.2) is 200 Å². The molecule has 0 spiro atoms. The maximum atomic E-state index is 2.45. The van der Waals surface area contributed by atoms with Crippen molar-refractivity contribution in [1.82, 2.24) is 0 Å². The summed E-state index contributed by atoms with van der Waals surface area (Å²) in [6.07, 6.45) is 0. The molecule has 1 nitrogen and oxygen atoms in total. The Morgan fingerprint density at radius 3 is 1.55 bits per heavy atom. The van der Waals surface area contributed by atoms with Gasteiger partial charge in [0.2, 0.25) is 0 Å². The normalized spacial score (nSPS) is 14.2. The number of anilines is 3. The second kappa shape index (κ2) is 12.1. The van der Waals surface area contributed by atoms with Crippen LogP contribution in [0.4, 0.5) is 17.1 Å². The van der Waals surface area contributed by atoms with Crippen molar-refractivity contribution in [2.24, 2.45) is 0 Å². The Hall–Kier alpha value is -6.44. The summed E-state index contributed by atoms with van der Waals surface area (Å²) in [5, 5.41) is 0. The van der Waals surface area contributed by atoms with E-state index in [0.29, 0.717) is 0 Å². The van der Waals surface area contributed by atoms with Gasteiger partial charge >= 0.3 is 0 Å². The number of rotatable bonds is 6. The highest BCUT2D eigenvalue weighted by molar-refractivity contribution is 6.00. The lowest BCUT2D eigenvalue weighted by Crippen LogP contribution is -2.28. The third kappa shape index (κ3) is 4.57. The van der Waals surface area contributed by atoms with Crippen molar-refractivity contribution in [3.8, 4) is 33.4 Å². The quantitative estimate of drug-likeness (QED) is 0.169. The van der Waals surface area contributed by atoms with Crippen LogP contribution in [0, 0.1) is 0 Å². The van der Waals surface area contributed by atoms with Gasteiger partial charge in [0.15, 0.2) is 0 Å². The van der Waals surface area contributed by atoms with Crippen molar-refractivity contribution >= 4 is 17.1 Å². The molecular formula is C52H39N. The van der Waals surface area contributed by atoms with E-state index in [2.05, 4.69) is 219 Å². The largest absolute Gasteiger partial charge is 0.310 e. The molecule has 252 valence electrons. The summed E-state index contributed by atoms with van der Waals surface area (Å²) in [5.74, 6) is 0. The zero-order chi connectivity index (χ0) is 35.6. The lowest BCUT2D eigenvalue weighted by molar-refractivity contribution is 0.660. The number of hydrogen-bond acceptors (Lipinski definition) is 1. The number of benzene rings is 8. The second-order valence-electron chi connectivity index (χ2n) is 14.8. The number of fused-ring (bicyclic) bond motifs is 6. The van der Waals surface area contributed by atoms with Crippen LogP contribution in [0.5, 0.6) is 0 Å². The molecular weight excluding hydrogens is 639 g/mol. The maximum absolute atomic E-state index is 2.45. The molecule has 0 aromatic heterocycles. The van der Waals surface area contributed by atoms with Gasteiger partial charge in [-0.05, 0) is 91.5 Å². The zero-order valence-corrected chi connectivity index (χ0v) is 30.0. The minimum atomic E-state index is -0.459. The number of nitrogens with zero attached hydrogens (tertiary/aromatic N) is 1. The molecule has 2 aliphatic carbocycles. The van der Waals surface area contributed by atoms with Gasteiger partial charge in [-0.15, -0.1) is 0 Å². The molecule has 0 atom stereocenters. The van der Waals surface area contributed by atoms with Crippen molar-refractivity contribution in [2.75, 3.05) is 4.90 Å². The summed E-state index contributed by atoms with van der Waals surface area (Å²) in [5.41, 5.74) is 18.5. The molecule has 1 heteroatoms. The van der Waals surface area contributed by atoms with E-state index in [1.807, 2.05) is 0 Å². The minimum absolute atomic E-state index is 0.105. The van der Waals surface area contributed by atoms with Gasteiger partial charge in [0.25, 0.3) is 0 Å². The maximum Gasteiger partial charge on any atom is 0.0713 e. The first-order chi connectivity index (χ1) is 26.1. The second-order valence-corrected chi connectivity index (χ2v) is 14.8.